The van der Waals surface area contributed by atoms with E-state index in [2.05, 4.69) is 29.1 Å². The van der Waals surface area contributed by atoms with Crippen LogP contribution in [0, 0.1) is 0 Å². The molecule has 0 saturated carbocycles. The number of hydrogen-bond acceptors (Lipinski definition) is 4. The van der Waals surface area contributed by atoms with E-state index in [1.807, 2.05) is 17.5 Å². The van der Waals surface area contributed by atoms with Gasteiger partial charge < -0.3 is 10.3 Å². The average molecular weight is 249 g/mol. The smallest absolute Gasteiger partial charge is 0.251 e. The van der Waals surface area contributed by atoms with Gasteiger partial charge in [-0.2, -0.15) is 0 Å². The zero-order valence-electron chi connectivity index (χ0n) is 9.86. The molecule has 0 unspecified atom stereocenters. The highest BCUT2D eigenvalue weighted by atomic mass is 32.1. The Hall–Kier alpha value is -1.46. The quantitative estimate of drug-likeness (QED) is 0.871. The Morgan fingerprint density at radius 1 is 1.53 bits per heavy atom. The minimum atomic E-state index is -0.107. The van der Waals surface area contributed by atoms with Crippen molar-refractivity contribution in [1.82, 2.24) is 15.3 Å². The van der Waals surface area contributed by atoms with Gasteiger partial charge in [-0.1, -0.05) is 19.9 Å². The lowest BCUT2D eigenvalue weighted by molar-refractivity contribution is 0.580. The van der Waals surface area contributed by atoms with Gasteiger partial charge in [-0.15, -0.1) is 11.3 Å². The maximum Gasteiger partial charge on any atom is 0.251 e. The molecule has 0 saturated heterocycles. The van der Waals surface area contributed by atoms with E-state index in [9.17, 15) is 4.79 Å². The second-order valence-electron chi connectivity index (χ2n) is 4.10. The van der Waals surface area contributed by atoms with Gasteiger partial charge in [0.25, 0.3) is 5.56 Å². The van der Waals surface area contributed by atoms with Crippen LogP contribution in [0.5, 0.6) is 0 Å². The third-order valence-electron chi connectivity index (χ3n) is 2.24. The molecule has 5 heteroatoms. The van der Waals surface area contributed by atoms with Crippen molar-refractivity contribution in [2.24, 2.45) is 0 Å². The third-order valence-corrected chi connectivity index (χ3v) is 3.12. The summed E-state index contributed by atoms with van der Waals surface area (Å²) < 4.78 is 0. The van der Waals surface area contributed by atoms with Gasteiger partial charge in [0, 0.05) is 18.7 Å². The standard InChI is InChI=1S/C12H15N3OS/c1-8(2)13-7-9-6-11(16)15-12(14-9)10-4-3-5-17-10/h3-6,8,13H,7H2,1-2H3,(H,14,15,16). The first-order valence-corrected chi connectivity index (χ1v) is 6.40. The Balaban J connectivity index is 2.27. The zero-order chi connectivity index (χ0) is 12.3. The van der Waals surface area contributed by atoms with E-state index in [-0.39, 0.29) is 5.56 Å². The molecule has 0 spiro atoms. The highest BCUT2D eigenvalue weighted by Gasteiger charge is 2.05. The van der Waals surface area contributed by atoms with Crippen LogP contribution < -0.4 is 10.9 Å². The predicted molar refractivity (Wildman–Crippen MR) is 70.1 cm³/mol. The highest BCUT2D eigenvalue weighted by Crippen LogP contribution is 2.19. The Bertz CT molecular complexity index is 531. The molecule has 2 rings (SSSR count). The van der Waals surface area contributed by atoms with Crippen LogP contribution in [0.15, 0.2) is 28.4 Å². The molecule has 2 heterocycles. The Morgan fingerprint density at radius 3 is 3.00 bits per heavy atom. The van der Waals surface area contributed by atoms with Gasteiger partial charge >= 0.3 is 0 Å². The lowest BCUT2D eigenvalue weighted by Crippen LogP contribution is -2.24. The summed E-state index contributed by atoms with van der Waals surface area (Å²) in [6, 6.07) is 5.80. The molecule has 0 fully saturated rings. The topological polar surface area (TPSA) is 57.8 Å². The van der Waals surface area contributed by atoms with Gasteiger partial charge in [0.1, 0.15) is 0 Å². The van der Waals surface area contributed by atoms with E-state index < -0.39 is 0 Å². The van der Waals surface area contributed by atoms with E-state index in [1.54, 1.807) is 11.3 Å². The number of H-pyrrole nitrogens is 1. The number of nitrogens with zero attached hydrogens (tertiary/aromatic N) is 1. The minimum Gasteiger partial charge on any atom is -0.309 e. The van der Waals surface area contributed by atoms with Crippen molar-refractivity contribution in [3.05, 3.63) is 39.6 Å². The maximum absolute atomic E-state index is 11.5. The van der Waals surface area contributed by atoms with Crippen molar-refractivity contribution >= 4 is 11.3 Å². The SMILES string of the molecule is CC(C)NCc1cc(=O)[nH]c(-c2cccs2)n1. The summed E-state index contributed by atoms with van der Waals surface area (Å²) >= 11 is 1.56. The first-order chi connectivity index (χ1) is 8.15. The Kier molecular flexibility index (Phi) is 3.71. The molecule has 0 amide bonds. The summed E-state index contributed by atoms with van der Waals surface area (Å²) in [5, 5.41) is 5.22. The number of aromatic amines is 1. The predicted octanol–water partition coefficient (Wildman–Crippen LogP) is 2.00. The van der Waals surface area contributed by atoms with Crippen molar-refractivity contribution in [3.63, 3.8) is 0 Å². The number of hydrogen-bond donors (Lipinski definition) is 2. The van der Waals surface area contributed by atoms with E-state index in [1.165, 1.54) is 6.07 Å². The van der Waals surface area contributed by atoms with Gasteiger partial charge in [0.15, 0.2) is 5.82 Å². The second kappa shape index (κ2) is 5.25. The van der Waals surface area contributed by atoms with E-state index in [4.69, 9.17) is 0 Å². The molecule has 0 aliphatic heterocycles. The molecule has 0 radical (unpaired) electrons. The second-order valence-corrected chi connectivity index (χ2v) is 5.05. The van der Waals surface area contributed by atoms with Crippen LogP contribution >= 0.6 is 11.3 Å². The molecule has 0 atom stereocenters. The molecular weight excluding hydrogens is 234 g/mol. The van der Waals surface area contributed by atoms with Crippen LogP contribution in [0.1, 0.15) is 19.5 Å². The fraction of sp³-hybridized carbons (Fsp3) is 0.333. The van der Waals surface area contributed by atoms with Crippen LogP contribution in [-0.4, -0.2) is 16.0 Å². The first kappa shape index (κ1) is 12.0. The van der Waals surface area contributed by atoms with Gasteiger partial charge in [-0.05, 0) is 11.4 Å². The van der Waals surface area contributed by atoms with Crippen LogP contribution in [-0.2, 0) is 6.54 Å². The van der Waals surface area contributed by atoms with Crippen LogP contribution in [0.3, 0.4) is 0 Å². The summed E-state index contributed by atoms with van der Waals surface area (Å²) in [6.45, 7) is 4.74. The molecule has 4 nitrogen and oxygen atoms in total. The molecule has 0 aliphatic carbocycles. The normalized spacial score (nSPS) is 11.0. The largest absolute Gasteiger partial charge is 0.309 e. The molecule has 2 N–H and O–H groups in total. The van der Waals surface area contributed by atoms with Gasteiger partial charge in [0.05, 0.1) is 10.6 Å². The summed E-state index contributed by atoms with van der Waals surface area (Å²) in [7, 11) is 0. The van der Waals surface area contributed by atoms with Crippen LogP contribution in [0.4, 0.5) is 0 Å². The fourth-order valence-corrected chi connectivity index (χ4v) is 2.11. The van der Waals surface area contributed by atoms with Gasteiger partial charge in [-0.25, -0.2) is 4.98 Å². The minimum absolute atomic E-state index is 0.107. The molecule has 0 aliphatic rings. The third kappa shape index (κ3) is 3.25. The van der Waals surface area contributed by atoms with Crippen molar-refractivity contribution in [1.29, 1.82) is 0 Å². The van der Waals surface area contributed by atoms with Gasteiger partial charge in [-0.3, -0.25) is 4.79 Å². The fourth-order valence-electron chi connectivity index (χ4n) is 1.44. The lowest BCUT2D eigenvalue weighted by atomic mass is 10.3. The highest BCUT2D eigenvalue weighted by molar-refractivity contribution is 7.13. The molecule has 0 bridgehead atoms. The lowest BCUT2D eigenvalue weighted by Gasteiger charge is -2.07. The summed E-state index contributed by atoms with van der Waals surface area (Å²) in [6.07, 6.45) is 0. The molecule has 2 aromatic heterocycles. The summed E-state index contributed by atoms with van der Waals surface area (Å²) in [4.78, 5) is 19.7. The average Bonchev–Trinajstić information content (AvgIpc) is 2.79. The first-order valence-electron chi connectivity index (χ1n) is 5.52. The van der Waals surface area contributed by atoms with Crippen molar-refractivity contribution in [3.8, 4) is 10.7 Å². The Labute approximate surface area is 104 Å². The molecular formula is C12H15N3OS. The van der Waals surface area contributed by atoms with Crippen molar-refractivity contribution in [2.75, 3.05) is 0 Å². The number of thiophene rings is 1. The number of nitrogens with one attached hydrogen (secondary N) is 2. The Morgan fingerprint density at radius 2 is 2.35 bits per heavy atom. The zero-order valence-corrected chi connectivity index (χ0v) is 10.7. The molecule has 90 valence electrons. The van der Waals surface area contributed by atoms with Crippen LogP contribution in [0.2, 0.25) is 0 Å². The van der Waals surface area contributed by atoms with E-state index in [0.717, 1.165) is 10.6 Å². The molecule has 2 aromatic rings. The summed E-state index contributed by atoms with van der Waals surface area (Å²) in [5.74, 6) is 0.646. The number of aromatic nitrogens is 2. The molecule has 0 aromatic carbocycles. The van der Waals surface area contributed by atoms with Crippen LogP contribution in [0.25, 0.3) is 10.7 Å². The van der Waals surface area contributed by atoms with Gasteiger partial charge in [0.2, 0.25) is 0 Å². The molecule has 17 heavy (non-hydrogen) atoms. The van der Waals surface area contributed by atoms with E-state index >= 15 is 0 Å². The maximum atomic E-state index is 11.5. The number of rotatable bonds is 4. The summed E-state index contributed by atoms with van der Waals surface area (Å²) in [5.41, 5.74) is 0.662. The van der Waals surface area contributed by atoms with Crippen molar-refractivity contribution < 1.29 is 0 Å². The van der Waals surface area contributed by atoms with E-state index in [0.29, 0.717) is 18.4 Å². The van der Waals surface area contributed by atoms with Crippen molar-refractivity contribution in [2.45, 2.75) is 26.4 Å². The monoisotopic (exact) mass is 249 g/mol.